The van der Waals surface area contributed by atoms with E-state index in [0.717, 1.165) is 42.0 Å². The molecule has 4 aromatic rings. The molecular formula is C38H46FN5O6S. The van der Waals surface area contributed by atoms with Crippen molar-refractivity contribution in [2.24, 2.45) is 17.6 Å². The van der Waals surface area contributed by atoms with Gasteiger partial charge in [-0.15, -0.1) is 0 Å². The smallest absolute Gasteiger partial charge is 0.305 e. The lowest BCUT2D eigenvalue weighted by Gasteiger charge is -2.22. The van der Waals surface area contributed by atoms with Gasteiger partial charge in [0.25, 0.3) is 5.91 Å². The Kier molecular flexibility index (Phi) is 15.1. The van der Waals surface area contributed by atoms with Crippen LogP contribution in [0.1, 0.15) is 51.9 Å². The number of carbonyl (C=O) groups excluding carboxylic acids is 3. The quantitative estimate of drug-likeness (QED) is 0.0731. The van der Waals surface area contributed by atoms with Crippen molar-refractivity contribution in [1.29, 1.82) is 0 Å². The van der Waals surface area contributed by atoms with Gasteiger partial charge in [-0.05, 0) is 80.5 Å². The number of hydrogen-bond acceptors (Lipinski definition) is 8. The molecule has 0 bridgehead atoms. The number of nitrogens with two attached hydrogens (primary N) is 1. The number of primary amides is 1. The lowest BCUT2D eigenvalue weighted by molar-refractivity contribution is -0.135. The topological polar surface area (TPSA) is 156 Å². The van der Waals surface area contributed by atoms with Gasteiger partial charge in [-0.25, -0.2) is 4.39 Å². The molecule has 11 nitrogen and oxygen atoms in total. The molecule has 1 aromatic heterocycles. The third-order valence-corrected chi connectivity index (χ3v) is 9.19. The van der Waals surface area contributed by atoms with Crippen molar-refractivity contribution >= 4 is 45.0 Å². The average Bonchev–Trinajstić information content (AvgIpc) is 3.55. The number of hydrogen-bond donors (Lipinski definition) is 4. The molecule has 3 atom stereocenters. The fourth-order valence-corrected chi connectivity index (χ4v) is 6.24. The Balaban J connectivity index is 0.000000179. The monoisotopic (exact) mass is 719 g/mol. The molecule has 2 aliphatic rings. The van der Waals surface area contributed by atoms with E-state index in [1.165, 1.54) is 31.4 Å². The van der Waals surface area contributed by atoms with E-state index in [0.29, 0.717) is 34.8 Å². The van der Waals surface area contributed by atoms with Crippen molar-refractivity contribution in [2.75, 3.05) is 25.5 Å². The maximum atomic E-state index is 12.5. The highest BCUT2D eigenvalue weighted by molar-refractivity contribution is 7.16. The minimum absolute atomic E-state index is 0.0166. The molecule has 1 aliphatic carbocycles. The summed E-state index contributed by atoms with van der Waals surface area (Å²) in [4.78, 5) is 55.2. The summed E-state index contributed by atoms with van der Waals surface area (Å²) < 4.78 is 18.3. The number of aromatic amines is 1. The molecule has 3 unspecified atom stereocenters. The highest BCUT2D eigenvalue weighted by atomic mass is 32.1. The molecular weight excluding hydrogens is 674 g/mol. The van der Waals surface area contributed by atoms with Gasteiger partial charge in [0.1, 0.15) is 17.6 Å². The third kappa shape index (κ3) is 12.6. The molecule has 2 heterocycles. The Bertz CT molecular complexity index is 1810. The van der Waals surface area contributed by atoms with Gasteiger partial charge in [0, 0.05) is 24.2 Å². The van der Waals surface area contributed by atoms with Crippen molar-refractivity contribution in [3.8, 4) is 11.5 Å². The zero-order valence-electron chi connectivity index (χ0n) is 28.9. The number of nitrogens with zero attached hydrogens (tertiary/aromatic N) is 1. The summed E-state index contributed by atoms with van der Waals surface area (Å²) in [5.74, 6) is 0.986. The first kappa shape index (κ1) is 38.6. The van der Waals surface area contributed by atoms with Crippen LogP contribution in [0.3, 0.4) is 0 Å². The fraction of sp³-hybridized carbons (Fsp3) is 0.368. The number of amides is 3. The van der Waals surface area contributed by atoms with Gasteiger partial charge in [0.05, 0.1) is 23.9 Å². The fourth-order valence-electron chi connectivity index (χ4n) is 5.48. The number of halogens is 1. The molecule has 0 spiro atoms. The van der Waals surface area contributed by atoms with Crippen molar-refractivity contribution in [3.05, 3.63) is 100 Å². The molecule has 3 aromatic carbocycles. The summed E-state index contributed by atoms with van der Waals surface area (Å²) in [6.07, 6.45) is 11.7. The number of likely N-dealkylation sites (tertiary alicyclic amines) is 1. The van der Waals surface area contributed by atoms with Crippen LogP contribution in [0.4, 0.5) is 10.1 Å². The molecule has 272 valence electrons. The molecule has 1 saturated heterocycles. The largest absolute Gasteiger partial charge is 0.497 e. The number of benzene rings is 3. The Morgan fingerprint density at radius 2 is 1.84 bits per heavy atom. The number of rotatable bonds is 13. The summed E-state index contributed by atoms with van der Waals surface area (Å²) in [7, 11) is 1.59. The first-order valence-electron chi connectivity index (χ1n) is 17.1. The van der Waals surface area contributed by atoms with E-state index in [4.69, 9.17) is 15.3 Å². The second kappa shape index (κ2) is 19.9. The summed E-state index contributed by atoms with van der Waals surface area (Å²) >= 11 is 1.02. The molecule has 3 amide bonds. The van der Waals surface area contributed by atoms with E-state index < -0.39 is 11.9 Å². The van der Waals surface area contributed by atoms with Crippen LogP contribution in [0.15, 0.2) is 89.7 Å². The molecule has 0 radical (unpaired) electrons. The van der Waals surface area contributed by atoms with Crippen molar-refractivity contribution in [2.45, 2.75) is 57.9 Å². The predicted octanol–water partition coefficient (Wildman–Crippen LogP) is 6.18. The number of unbranched alkanes of at least 4 members (excludes halogenated alkanes) is 3. The minimum atomic E-state index is -0.463. The number of H-pyrrole nitrogens is 1. The Morgan fingerprint density at radius 1 is 1.06 bits per heavy atom. The standard InChI is InChI=1S/C17H23NO2.C14H19N3O3.C7H4FNOS/c1-2-3-4-5-7-10-14-13-16(14)17(19)18-20-15-11-8-6-9-12-15;1-20-11-5-2-4-10(8-11)16-9-13(18)17-7-3-6-12(17)14(15)19;8-4-1-2-5-6(3-4)11-7(10)9-5/h6-12,14,16H,2-5,13H2,1H3,(H,18,19);2,4-5,8,12,16H,3,6-7,9H2,1H3,(H2,15,19);1-3H,(H,9,10)/b10-7-;;. The van der Waals surface area contributed by atoms with Crippen molar-refractivity contribution in [3.63, 3.8) is 0 Å². The van der Waals surface area contributed by atoms with Crippen LogP contribution in [0.5, 0.6) is 11.5 Å². The van der Waals surface area contributed by atoms with Gasteiger partial charge >= 0.3 is 4.87 Å². The van der Waals surface area contributed by atoms with E-state index in [2.05, 4.69) is 34.9 Å². The number of carbonyl (C=O) groups is 3. The summed E-state index contributed by atoms with van der Waals surface area (Å²) in [5.41, 5.74) is 9.32. The Morgan fingerprint density at radius 3 is 2.59 bits per heavy atom. The number of aromatic nitrogens is 1. The normalized spacial score (nSPS) is 17.5. The van der Waals surface area contributed by atoms with Gasteiger partial charge in [-0.3, -0.25) is 19.2 Å². The van der Waals surface area contributed by atoms with Crippen LogP contribution in [-0.2, 0) is 14.4 Å². The van der Waals surface area contributed by atoms with Crippen LogP contribution >= 0.6 is 11.3 Å². The lowest BCUT2D eigenvalue weighted by Crippen LogP contribution is -2.45. The van der Waals surface area contributed by atoms with Gasteiger partial charge < -0.3 is 30.5 Å². The van der Waals surface area contributed by atoms with Crippen LogP contribution < -0.4 is 31.0 Å². The maximum Gasteiger partial charge on any atom is 0.305 e. The number of nitrogens with one attached hydrogen (secondary N) is 3. The third-order valence-electron chi connectivity index (χ3n) is 8.34. The van der Waals surface area contributed by atoms with Gasteiger partial charge in [-0.2, -0.15) is 5.48 Å². The first-order chi connectivity index (χ1) is 24.7. The Labute approximate surface area is 301 Å². The summed E-state index contributed by atoms with van der Waals surface area (Å²) in [6.45, 7) is 2.93. The highest BCUT2D eigenvalue weighted by Gasteiger charge is 2.41. The highest BCUT2D eigenvalue weighted by Crippen LogP contribution is 2.40. The number of para-hydroxylation sites is 1. The molecule has 2 fully saturated rings. The van der Waals surface area contributed by atoms with Crippen LogP contribution in [0, 0.1) is 17.7 Å². The molecule has 13 heteroatoms. The number of fused-ring (bicyclic) bond motifs is 1. The zero-order valence-corrected chi connectivity index (χ0v) is 29.8. The molecule has 1 aliphatic heterocycles. The van der Waals surface area contributed by atoms with E-state index in [1.54, 1.807) is 18.1 Å². The summed E-state index contributed by atoms with van der Waals surface area (Å²) in [5, 5.41) is 3.03. The molecule has 1 saturated carbocycles. The maximum absolute atomic E-state index is 12.5. The van der Waals surface area contributed by atoms with E-state index in [-0.39, 0.29) is 35.0 Å². The first-order valence-corrected chi connectivity index (χ1v) is 17.9. The molecule has 51 heavy (non-hydrogen) atoms. The number of thiazole rings is 1. The van der Waals surface area contributed by atoms with Crippen LogP contribution in [0.2, 0.25) is 0 Å². The van der Waals surface area contributed by atoms with E-state index in [1.807, 2.05) is 54.6 Å². The zero-order chi connectivity index (χ0) is 36.6. The predicted molar refractivity (Wildman–Crippen MR) is 198 cm³/mol. The number of allylic oxidation sites excluding steroid dienone is 2. The summed E-state index contributed by atoms with van der Waals surface area (Å²) in [6, 6.07) is 20.4. The van der Waals surface area contributed by atoms with Gasteiger partial charge in [-0.1, -0.05) is 67.5 Å². The number of anilines is 1. The SMILES string of the molecule is CCCCC/C=C\C1CC1C(=O)NOc1ccccc1.COc1cccc(NCC(=O)N2CCCC2C(N)=O)c1.O=c1[nH]c2ccc(F)cc2s1. The number of hydroxylamine groups is 1. The second-order valence-corrected chi connectivity index (χ2v) is 13.2. The van der Waals surface area contributed by atoms with Crippen LogP contribution in [-0.4, -0.2) is 53.8 Å². The van der Waals surface area contributed by atoms with Crippen LogP contribution in [0.25, 0.3) is 10.2 Å². The van der Waals surface area contributed by atoms with Crippen molar-refractivity contribution in [1.82, 2.24) is 15.4 Å². The lowest BCUT2D eigenvalue weighted by atomic mass is 10.2. The van der Waals surface area contributed by atoms with Gasteiger partial charge in [0.2, 0.25) is 11.8 Å². The second-order valence-electron chi connectivity index (χ2n) is 12.2. The van der Waals surface area contributed by atoms with E-state index in [9.17, 15) is 23.6 Å². The number of methoxy groups -OCH3 is 1. The molecule has 5 N–H and O–H groups in total. The number of ether oxygens (including phenoxy) is 1. The van der Waals surface area contributed by atoms with Gasteiger partial charge in [0.15, 0.2) is 5.75 Å². The van der Waals surface area contributed by atoms with Crippen molar-refractivity contribution < 1.29 is 28.3 Å². The minimum Gasteiger partial charge on any atom is -0.497 e. The molecule has 6 rings (SSSR count). The average molecular weight is 720 g/mol. The van der Waals surface area contributed by atoms with E-state index >= 15 is 0 Å². The Hall–Kier alpha value is -5.17.